The van der Waals surface area contributed by atoms with E-state index in [1.807, 2.05) is 36.4 Å². The van der Waals surface area contributed by atoms with Crippen LogP contribution in [-0.4, -0.2) is 75.1 Å². The molecular formula is C39H60O9Si. The molecule has 0 saturated carbocycles. The zero-order valence-corrected chi connectivity index (χ0v) is 32.1. The average molecular weight is 701 g/mol. The number of benzene rings is 2. The minimum atomic E-state index is -3.03. The fourth-order valence-corrected chi connectivity index (χ4v) is 10.7. The second-order valence-electron chi connectivity index (χ2n) is 15.2. The summed E-state index contributed by atoms with van der Waals surface area (Å²) < 4.78 is 36.9. The molecule has 1 fully saturated rings. The van der Waals surface area contributed by atoms with Crippen LogP contribution in [0, 0.1) is 5.92 Å². The van der Waals surface area contributed by atoms with Crippen LogP contribution < -0.4 is 10.4 Å². The van der Waals surface area contributed by atoms with Crippen molar-refractivity contribution in [1.82, 2.24) is 0 Å². The van der Waals surface area contributed by atoms with Crippen LogP contribution in [0.5, 0.6) is 0 Å². The first kappa shape index (κ1) is 40.7. The van der Waals surface area contributed by atoms with Crippen molar-refractivity contribution in [3.63, 3.8) is 0 Å². The molecule has 0 amide bonds. The minimum Gasteiger partial charge on any atom is -0.456 e. The predicted octanol–water partition coefficient (Wildman–Crippen LogP) is 6.91. The maximum Gasteiger partial charge on any atom is 0.509 e. The summed E-state index contributed by atoms with van der Waals surface area (Å²) in [7, 11) is -3.03. The summed E-state index contributed by atoms with van der Waals surface area (Å²) >= 11 is 0. The van der Waals surface area contributed by atoms with Gasteiger partial charge in [-0.05, 0) is 42.6 Å². The smallest absolute Gasteiger partial charge is 0.456 e. The highest BCUT2D eigenvalue weighted by Crippen LogP contribution is 2.38. The van der Waals surface area contributed by atoms with Gasteiger partial charge in [-0.25, -0.2) is 4.79 Å². The van der Waals surface area contributed by atoms with Crippen molar-refractivity contribution in [1.29, 1.82) is 0 Å². The summed E-state index contributed by atoms with van der Waals surface area (Å²) in [6, 6.07) is 20.4. The molecule has 9 nitrogen and oxygen atoms in total. The van der Waals surface area contributed by atoms with Crippen LogP contribution in [0.4, 0.5) is 4.79 Å². The number of carbonyl (C=O) groups excluding carboxylic acids is 2. The molecule has 1 N–H and O–H groups in total. The van der Waals surface area contributed by atoms with Crippen LogP contribution in [0.25, 0.3) is 0 Å². The highest BCUT2D eigenvalue weighted by molar-refractivity contribution is 6.99. The molecule has 10 heteroatoms. The van der Waals surface area contributed by atoms with Crippen LogP contribution in [-0.2, 0) is 32.9 Å². The number of aliphatic hydroxyl groups is 1. The van der Waals surface area contributed by atoms with Gasteiger partial charge in [0.25, 0.3) is 8.32 Å². The van der Waals surface area contributed by atoms with E-state index in [1.54, 1.807) is 34.6 Å². The third kappa shape index (κ3) is 11.4. The lowest BCUT2D eigenvalue weighted by molar-refractivity contribution is -0.305. The highest BCUT2D eigenvalue weighted by atomic mass is 28.4. The molecule has 5 atom stereocenters. The first-order valence-electron chi connectivity index (χ1n) is 17.9. The number of hydrogen-bond acceptors (Lipinski definition) is 9. The van der Waals surface area contributed by atoms with Gasteiger partial charge >= 0.3 is 12.1 Å². The number of rotatable bonds is 16. The second-order valence-corrected chi connectivity index (χ2v) is 19.6. The lowest BCUT2D eigenvalue weighted by atomic mass is 9.98. The summed E-state index contributed by atoms with van der Waals surface area (Å²) in [5.74, 6) is -0.997. The molecule has 2 aromatic carbocycles. The van der Waals surface area contributed by atoms with Crippen LogP contribution in [0.15, 0.2) is 60.7 Å². The lowest BCUT2D eigenvalue weighted by Gasteiger charge is -2.46. The van der Waals surface area contributed by atoms with Gasteiger partial charge in [-0.15, -0.1) is 0 Å². The van der Waals surface area contributed by atoms with Crippen LogP contribution in [0.2, 0.25) is 5.04 Å². The van der Waals surface area contributed by atoms with Crippen LogP contribution in [0.1, 0.15) is 101 Å². The Labute approximate surface area is 295 Å². The largest absolute Gasteiger partial charge is 0.509 e. The van der Waals surface area contributed by atoms with Gasteiger partial charge < -0.3 is 33.2 Å². The van der Waals surface area contributed by atoms with E-state index in [4.69, 9.17) is 28.1 Å². The second kappa shape index (κ2) is 18.5. The van der Waals surface area contributed by atoms with E-state index in [9.17, 15) is 14.7 Å². The van der Waals surface area contributed by atoms with E-state index in [2.05, 4.69) is 52.0 Å². The Bertz CT molecular complexity index is 1230. The average Bonchev–Trinajstić information content (AvgIpc) is 3.03. The van der Waals surface area contributed by atoms with Gasteiger partial charge in [0, 0.05) is 6.61 Å². The van der Waals surface area contributed by atoms with Crippen molar-refractivity contribution < 1.29 is 42.8 Å². The van der Waals surface area contributed by atoms with Crippen molar-refractivity contribution in [3.05, 3.63) is 60.7 Å². The molecule has 1 heterocycles. The first-order valence-corrected chi connectivity index (χ1v) is 19.8. The molecular weight excluding hydrogens is 641 g/mol. The molecule has 3 rings (SSSR count). The Morgan fingerprint density at radius 1 is 0.816 bits per heavy atom. The quantitative estimate of drug-likeness (QED) is 0.113. The van der Waals surface area contributed by atoms with Gasteiger partial charge in [0.2, 0.25) is 0 Å². The van der Waals surface area contributed by atoms with E-state index in [-0.39, 0.29) is 11.6 Å². The summed E-state index contributed by atoms with van der Waals surface area (Å²) in [6.07, 6.45) is -0.742. The standard InChI is InChI=1S/C39H60O9Si/c1-10-11-12-13-14-21-26-43-36-34(47-37(42)48-38(4,5)6)32(40)33(46-35(41)28(2)3)31(45-36)27-44-49(39(7,8)9,29-22-17-15-18-23-29)30-24-19-16-20-25-30/h15-20,22-25,28,31-34,36,40H,10-14,21,26-27H2,1-9H3/t31-,32+,33-,34-,36-/m1/s1. The van der Waals surface area contributed by atoms with Crippen molar-refractivity contribution in [2.75, 3.05) is 13.2 Å². The number of unbranched alkanes of at least 4 members (excludes halogenated alkanes) is 5. The van der Waals surface area contributed by atoms with Crippen molar-refractivity contribution >= 4 is 30.8 Å². The predicted molar refractivity (Wildman–Crippen MR) is 193 cm³/mol. The Balaban J connectivity index is 2.00. The third-order valence-electron chi connectivity index (χ3n) is 8.62. The number of aliphatic hydroxyl groups excluding tert-OH is 1. The number of esters is 1. The molecule has 0 unspecified atom stereocenters. The topological polar surface area (TPSA) is 110 Å². The van der Waals surface area contributed by atoms with Gasteiger partial charge in [0.1, 0.15) is 17.8 Å². The van der Waals surface area contributed by atoms with Crippen molar-refractivity contribution in [3.8, 4) is 0 Å². The van der Waals surface area contributed by atoms with Gasteiger partial charge in [-0.3, -0.25) is 4.79 Å². The fraction of sp³-hybridized carbons (Fsp3) is 0.641. The number of hydrogen-bond donors (Lipinski definition) is 1. The number of carbonyl (C=O) groups is 2. The molecule has 0 aromatic heterocycles. The van der Waals surface area contributed by atoms with Crippen molar-refractivity contribution in [2.45, 2.75) is 142 Å². The molecule has 1 aliphatic rings. The van der Waals surface area contributed by atoms with E-state index in [1.165, 1.54) is 6.42 Å². The maximum atomic E-state index is 13.0. The summed E-state index contributed by atoms with van der Waals surface area (Å²) in [5.41, 5.74) is -0.831. The molecule has 0 bridgehead atoms. The molecule has 0 aliphatic carbocycles. The highest BCUT2D eigenvalue weighted by Gasteiger charge is 2.54. The van der Waals surface area contributed by atoms with Crippen LogP contribution >= 0.6 is 0 Å². The SMILES string of the molecule is CCCCCCCCO[C@@H]1O[C@H](CO[Si](c2ccccc2)(c2ccccc2)C(C)(C)C)[C@@H](OC(=O)C(C)C)[C@H](O)[C@H]1OC(=O)OC(C)(C)C. The zero-order chi connectivity index (χ0) is 36.2. The van der Waals surface area contributed by atoms with Gasteiger partial charge in [-0.1, -0.05) is 134 Å². The third-order valence-corrected chi connectivity index (χ3v) is 13.6. The van der Waals surface area contributed by atoms with E-state index >= 15 is 0 Å². The molecule has 0 radical (unpaired) electrons. The Hall–Kier alpha value is -2.76. The van der Waals surface area contributed by atoms with E-state index in [0.717, 1.165) is 42.5 Å². The van der Waals surface area contributed by atoms with E-state index in [0.29, 0.717) is 6.61 Å². The van der Waals surface area contributed by atoms with E-state index < -0.39 is 62.7 Å². The molecule has 0 spiro atoms. The zero-order valence-electron chi connectivity index (χ0n) is 31.1. The molecule has 274 valence electrons. The van der Waals surface area contributed by atoms with Gasteiger partial charge in [0.15, 0.2) is 18.5 Å². The Morgan fingerprint density at radius 3 is 1.88 bits per heavy atom. The maximum absolute atomic E-state index is 13.0. The van der Waals surface area contributed by atoms with Crippen molar-refractivity contribution in [2.24, 2.45) is 5.92 Å². The molecule has 1 aliphatic heterocycles. The summed E-state index contributed by atoms with van der Waals surface area (Å²) in [5, 5.41) is 13.7. The summed E-state index contributed by atoms with van der Waals surface area (Å²) in [6.45, 7) is 17.6. The van der Waals surface area contributed by atoms with Crippen LogP contribution in [0.3, 0.4) is 0 Å². The molecule has 2 aromatic rings. The number of ether oxygens (including phenoxy) is 5. The lowest BCUT2D eigenvalue weighted by Crippen LogP contribution is -2.68. The Morgan fingerprint density at radius 2 is 1.37 bits per heavy atom. The normalized spacial score (nSPS) is 21.7. The molecule has 1 saturated heterocycles. The first-order chi connectivity index (χ1) is 23.1. The minimum absolute atomic E-state index is 0.0174. The Kier molecular flexibility index (Phi) is 15.3. The van der Waals surface area contributed by atoms with Gasteiger partial charge in [-0.2, -0.15) is 0 Å². The molecule has 49 heavy (non-hydrogen) atoms. The fourth-order valence-electron chi connectivity index (χ4n) is 6.14. The summed E-state index contributed by atoms with van der Waals surface area (Å²) in [4.78, 5) is 25.9. The van der Waals surface area contributed by atoms with Gasteiger partial charge in [0.05, 0.1) is 12.5 Å². The monoisotopic (exact) mass is 700 g/mol.